The number of rotatable bonds is 3. The van der Waals surface area contributed by atoms with Crippen molar-refractivity contribution in [2.75, 3.05) is 13.1 Å². The highest BCUT2D eigenvalue weighted by Crippen LogP contribution is 2.25. The fourth-order valence-corrected chi connectivity index (χ4v) is 2.71. The summed E-state index contributed by atoms with van der Waals surface area (Å²) in [5.74, 6) is 1.78. The van der Waals surface area contributed by atoms with Crippen molar-refractivity contribution in [3.05, 3.63) is 36.2 Å². The van der Waals surface area contributed by atoms with E-state index in [1.165, 1.54) is 25.1 Å². The van der Waals surface area contributed by atoms with E-state index in [4.69, 9.17) is 0 Å². The number of carbonyl (C=O) groups excluding carboxylic acids is 1. The molecule has 0 spiro atoms. The molecule has 0 bridgehead atoms. The Labute approximate surface area is 152 Å². The Bertz CT molecular complexity index is 534. The molecule has 0 aromatic carbocycles. The molecule has 142 valence electrons. The molecule has 1 aliphatic heterocycles. The summed E-state index contributed by atoms with van der Waals surface area (Å²) in [5, 5.41) is 0. The van der Waals surface area contributed by atoms with Crippen LogP contribution in [0.2, 0.25) is 0 Å². The van der Waals surface area contributed by atoms with Gasteiger partial charge in [0, 0.05) is 13.1 Å². The zero-order valence-electron chi connectivity index (χ0n) is 16.7. The lowest BCUT2D eigenvalue weighted by atomic mass is 9.85. The van der Waals surface area contributed by atoms with E-state index in [9.17, 15) is 9.18 Å². The van der Waals surface area contributed by atoms with Gasteiger partial charge in [0.1, 0.15) is 5.82 Å². The molecule has 1 aromatic rings. The van der Waals surface area contributed by atoms with Crippen LogP contribution in [0.15, 0.2) is 18.9 Å². The fourth-order valence-electron chi connectivity index (χ4n) is 2.71. The Kier molecular flexibility index (Phi) is 11.7. The van der Waals surface area contributed by atoms with Gasteiger partial charge >= 0.3 is 0 Å². The number of carbonyl (C=O) groups is 1. The molecule has 2 rings (SSSR count). The van der Waals surface area contributed by atoms with Crippen molar-refractivity contribution in [3.63, 3.8) is 0 Å². The van der Waals surface area contributed by atoms with Gasteiger partial charge in [-0.2, -0.15) is 0 Å². The molecule has 4 nitrogen and oxygen atoms in total. The van der Waals surface area contributed by atoms with E-state index in [2.05, 4.69) is 30.4 Å². The number of piperidine rings is 1. The topological polar surface area (TPSA) is 46.1 Å². The molecule has 1 amide bonds. The Morgan fingerprint density at radius 3 is 2.60 bits per heavy atom. The van der Waals surface area contributed by atoms with Gasteiger partial charge in [0.15, 0.2) is 5.82 Å². The molecule has 0 N–H and O–H groups in total. The summed E-state index contributed by atoms with van der Waals surface area (Å²) >= 11 is 0. The Morgan fingerprint density at radius 1 is 1.48 bits per heavy atom. The number of hydrogen-bond donors (Lipinski definition) is 0. The van der Waals surface area contributed by atoms with Crippen LogP contribution in [0.5, 0.6) is 0 Å². The lowest BCUT2D eigenvalue weighted by molar-refractivity contribution is -0.128. The fraction of sp³-hybridized carbons (Fsp3) is 0.650. The van der Waals surface area contributed by atoms with Gasteiger partial charge in [0.2, 0.25) is 5.91 Å². The standard InChI is InChI=1S/C12H21NO.C6H7FN2.C2H6/c1-4-10(3)11-7-6-8-13(9-11)12(14)5-2;1-4-6(7)3-8-5(2)9-4;1-2/h5,10-11H,2,4,6-9H2,1,3H3;3H,1-2H3;1-2H3. The Hall–Kier alpha value is -1.78. The highest BCUT2D eigenvalue weighted by Gasteiger charge is 2.25. The van der Waals surface area contributed by atoms with Crippen molar-refractivity contribution in [3.8, 4) is 0 Å². The highest BCUT2D eigenvalue weighted by atomic mass is 19.1. The van der Waals surface area contributed by atoms with Gasteiger partial charge < -0.3 is 4.90 Å². The van der Waals surface area contributed by atoms with Gasteiger partial charge in [-0.15, -0.1) is 0 Å². The quantitative estimate of drug-likeness (QED) is 0.741. The van der Waals surface area contributed by atoms with Crippen molar-refractivity contribution >= 4 is 5.91 Å². The summed E-state index contributed by atoms with van der Waals surface area (Å²) in [5.41, 5.74) is 0.405. The van der Waals surface area contributed by atoms with Gasteiger partial charge in [0.05, 0.1) is 11.9 Å². The second kappa shape index (κ2) is 12.6. The number of nitrogens with zero attached hydrogens (tertiary/aromatic N) is 3. The van der Waals surface area contributed by atoms with Crippen LogP contribution in [0.1, 0.15) is 58.5 Å². The van der Waals surface area contributed by atoms with E-state index < -0.39 is 0 Å². The van der Waals surface area contributed by atoms with Crippen LogP contribution in [0.4, 0.5) is 4.39 Å². The van der Waals surface area contributed by atoms with E-state index in [0.717, 1.165) is 25.4 Å². The van der Waals surface area contributed by atoms with Gasteiger partial charge in [0.25, 0.3) is 0 Å². The Morgan fingerprint density at radius 2 is 2.12 bits per heavy atom. The van der Waals surface area contributed by atoms with E-state index in [0.29, 0.717) is 17.4 Å². The van der Waals surface area contributed by atoms with Crippen LogP contribution < -0.4 is 0 Å². The van der Waals surface area contributed by atoms with Gasteiger partial charge in [-0.25, -0.2) is 14.4 Å². The van der Waals surface area contributed by atoms with Crippen molar-refractivity contribution < 1.29 is 9.18 Å². The molecule has 1 aromatic heterocycles. The summed E-state index contributed by atoms with van der Waals surface area (Å²) < 4.78 is 12.4. The molecule has 0 saturated carbocycles. The smallest absolute Gasteiger partial charge is 0.245 e. The molecule has 1 aliphatic rings. The van der Waals surface area contributed by atoms with Crippen LogP contribution in [0, 0.1) is 31.5 Å². The van der Waals surface area contributed by atoms with Crippen molar-refractivity contribution in [1.29, 1.82) is 0 Å². The summed E-state index contributed by atoms with van der Waals surface area (Å²) in [6.07, 6.45) is 6.24. The predicted molar refractivity (Wildman–Crippen MR) is 102 cm³/mol. The molecule has 25 heavy (non-hydrogen) atoms. The SMILES string of the molecule is C=CC(=O)N1CCCC(C(C)CC)C1.CC.Cc1ncc(F)c(C)n1. The largest absolute Gasteiger partial charge is 0.339 e. The number of aromatic nitrogens is 2. The van der Waals surface area contributed by atoms with Crippen LogP contribution in [0.3, 0.4) is 0 Å². The van der Waals surface area contributed by atoms with Crippen LogP contribution in [-0.2, 0) is 4.79 Å². The highest BCUT2D eigenvalue weighted by molar-refractivity contribution is 5.87. The minimum Gasteiger partial charge on any atom is -0.339 e. The first-order valence-electron chi connectivity index (χ1n) is 9.26. The maximum Gasteiger partial charge on any atom is 0.245 e. The predicted octanol–water partition coefficient (Wildman–Crippen LogP) is 4.72. The third kappa shape index (κ3) is 8.23. The molecular weight excluding hydrogens is 317 g/mol. The van der Waals surface area contributed by atoms with Crippen molar-refractivity contribution in [2.24, 2.45) is 11.8 Å². The van der Waals surface area contributed by atoms with E-state index >= 15 is 0 Å². The lowest BCUT2D eigenvalue weighted by Crippen LogP contribution is -2.40. The number of hydrogen-bond acceptors (Lipinski definition) is 3. The lowest BCUT2D eigenvalue weighted by Gasteiger charge is -2.35. The Balaban J connectivity index is 0.000000451. The molecular formula is C20H34FN3O. The average Bonchev–Trinajstić information content (AvgIpc) is 2.66. The van der Waals surface area contributed by atoms with Crippen molar-refractivity contribution in [1.82, 2.24) is 14.9 Å². The van der Waals surface area contributed by atoms with Crippen LogP contribution in [-0.4, -0.2) is 33.9 Å². The second-order valence-electron chi connectivity index (χ2n) is 6.13. The third-order valence-electron chi connectivity index (χ3n) is 4.43. The third-order valence-corrected chi connectivity index (χ3v) is 4.43. The first-order valence-corrected chi connectivity index (χ1v) is 9.26. The molecule has 2 heterocycles. The number of halogens is 1. The van der Waals surface area contributed by atoms with E-state index in [-0.39, 0.29) is 11.7 Å². The van der Waals surface area contributed by atoms with Gasteiger partial charge in [-0.05, 0) is 44.6 Å². The number of aryl methyl sites for hydroxylation is 2. The zero-order chi connectivity index (χ0) is 19.4. The molecule has 1 fully saturated rings. The van der Waals surface area contributed by atoms with Crippen LogP contribution >= 0.6 is 0 Å². The summed E-state index contributed by atoms with van der Waals surface area (Å²) in [7, 11) is 0. The molecule has 5 heteroatoms. The molecule has 2 atom stereocenters. The monoisotopic (exact) mass is 351 g/mol. The van der Waals surface area contributed by atoms with Crippen molar-refractivity contribution in [2.45, 2.75) is 60.8 Å². The minimum atomic E-state index is -0.347. The number of amides is 1. The molecule has 2 unspecified atom stereocenters. The maximum atomic E-state index is 12.4. The second-order valence-corrected chi connectivity index (χ2v) is 6.13. The molecule has 1 saturated heterocycles. The zero-order valence-corrected chi connectivity index (χ0v) is 16.7. The normalized spacial score (nSPS) is 17.4. The van der Waals surface area contributed by atoms with Gasteiger partial charge in [-0.3, -0.25) is 4.79 Å². The molecule has 0 radical (unpaired) electrons. The van der Waals surface area contributed by atoms with E-state index in [1.54, 1.807) is 13.8 Å². The maximum absolute atomic E-state index is 12.4. The first-order chi connectivity index (χ1) is 11.9. The number of likely N-dealkylation sites (tertiary alicyclic amines) is 1. The molecule has 0 aliphatic carbocycles. The average molecular weight is 352 g/mol. The summed E-state index contributed by atoms with van der Waals surface area (Å²) in [6.45, 7) is 17.2. The van der Waals surface area contributed by atoms with E-state index in [1.807, 2.05) is 18.7 Å². The van der Waals surface area contributed by atoms with Gasteiger partial charge in [-0.1, -0.05) is 40.7 Å². The summed E-state index contributed by atoms with van der Waals surface area (Å²) in [4.78, 5) is 20.8. The minimum absolute atomic E-state index is 0.0954. The van der Waals surface area contributed by atoms with Crippen LogP contribution in [0.25, 0.3) is 0 Å². The summed E-state index contributed by atoms with van der Waals surface area (Å²) in [6, 6.07) is 0. The first kappa shape index (κ1) is 23.2.